The van der Waals surface area contributed by atoms with Crippen molar-refractivity contribution in [3.63, 3.8) is 0 Å². The van der Waals surface area contributed by atoms with Gasteiger partial charge in [0.15, 0.2) is 0 Å². The number of carboxylic acid groups (broad SMARTS) is 1. The van der Waals surface area contributed by atoms with Crippen molar-refractivity contribution in [2.24, 2.45) is 5.92 Å². The molecule has 0 fully saturated rings. The van der Waals surface area contributed by atoms with Crippen LogP contribution < -0.4 is 10.6 Å². The topological polar surface area (TPSA) is 108 Å². The second-order valence-corrected chi connectivity index (χ2v) is 6.16. The number of aromatic nitrogens is 1. The van der Waals surface area contributed by atoms with Crippen LogP contribution in [0.5, 0.6) is 0 Å². The number of aromatic carboxylic acids is 1. The van der Waals surface area contributed by atoms with Crippen LogP contribution in [0.3, 0.4) is 0 Å². The average molecular weight is 355 g/mol. The van der Waals surface area contributed by atoms with Gasteiger partial charge in [-0.2, -0.15) is 0 Å². The fourth-order valence-corrected chi connectivity index (χ4v) is 2.18. The number of rotatable bonds is 6. The van der Waals surface area contributed by atoms with Gasteiger partial charge in [0.1, 0.15) is 5.69 Å². The molecule has 3 N–H and O–H groups in total. The van der Waals surface area contributed by atoms with Crippen LogP contribution in [0.15, 0.2) is 36.4 Å². The minimum atomic E-state index is -1.08. The van der Waals surface area contributed by atoms with Gasteiger partial charge in [-0.25, -0.2) is 9.78 Å². The number of nitrogens with zero attached hydrogens (tertiary/aromatic N) is 1. The number of hydrogen-bond donors (Lipinski definition) is 3. The van der Waals surface area contributed by atoms with Gasteiger partial charge in [0, 0.05) is 18.2 Å². The van der Waals surface area contributed by atoms with Crippen LogP contribution in [-0.4, -0.2) is 27.9 Å². The Balaban J connectivity index is 1.96. The first-order valence-electron chi connectivity index (χ1n) is 8.17. The third-order valence-corrected chi connectivity index (χ3v) is 3.75. The van der Waals surface area contributed by atoms with Crippen molar-refractivity contribution in [3.8, 4) is 0 Å². The molecule has 0 saturated heterocycles. The average Bonchev–Trinajstić information content (AvgIpc) is 2.60. The van der Waals surface area contributed by atoms with Crippen LogP contribution in [0.2, 0.25) is 0 Å². The summed E-state index contributed by atoms with van der Waals surface area (Å²) in [6.45, 7) is 5.47. The Morgan fingerprint density at radius 1 is 1.08 bits per heavy atom. The Morgan fingerprint density at radius 3 is 2.27 bits per heavy atom. The molecule has 0 aliphatic rings. The minimum Gasteiger partial charge on any atom is -0.478 e. The van der Waals surface area contributed by atoms with E-state index in [-0.39, 0.29) is 34.7 Å². The molecule has 136 valence electrons. The van der Waals surface area contributed by atoms with E-state index in [1.165, 1.54) is 12.1 Å². The SMILES string of the molecule is Cc1nc(C(=O)NCc2ccc(NC(=O)C(C)C)cc2)ccc1C(=O)O. The van der Waals surface area contributed by atoms with E-state index in [2.05, 4.69) is 15.6 Å². The third kappa shape index (κ3) is 4.89. The number of pyridine rings is 1. The molecule has 1 aromatic carbocycles. The lowest BCUT2D eigenvalue weighted by Gasteiger charge is -2.09. The van der Waals surface area contributed by atoms with E-state index in [0.717, 1.165) is 5.56 Å². The summed E-state index contributed by atoms with van der Waals surface area (Å²) in [6.07, 6.45) is 0. The van der Waals surface area contributed by atoms with E-state index >= 15 is 0 Å². The lowest BCUT2D eigenvalue weighted by molar-refractivity contribution is -0.118. The van der Waals surface area contributed by atoms with Crippen LogP contribution in [0.25, 0.3) is 0 Å². The molecule has 0 spiro atoms. The molecule has 7 heteroatoms. The van der Waals surface area contributed by atoms with Crippen molar-refractivity contribution in [1.29, 1.82) is 0 Å². The van der Waals surface area contributed by atoms with Crippen molar-refractivity contribution >= 4 is 23.5 Å². The zero-order chi connectivity index (χ0) is 19.3. The Hall–Kier alpha value is -3.22. The van der Waals surface area contributed by atoms with E-state index in [4.69, 9.17) is 5.11 Å². The number of anilines is 1. The van der Waals surface area contributed by atoms with Crippen LogP contribution >= 0.6 is 0 Å². The van der Waals surface area contributed by atoms with Gasteiger partial charge in [0.2, 0.25) is 5.91 Å². The first-order chi connectivity index (χ1) is 12.3. The molecule has 0 aliphatic heterocycles. The molecule has 1 heterocycles. The van der Waals surface area contributed by atoms with Gasteiger partial charge in [-0.3, -0.25) is 9.59 Å². The predicted octanol–water partition coefficient (Wildman–Crippen LogP) is 2.61. The monoisotopic (exact) mass is 355 g/mol. The molecule has 7 nitrogen and oxygen atoms in total. The highest BCUT2D eigenvalue weighted by Gasteiger charge is 2.13. The summed E-state index contributed by atoms with van der Waals surface area (Å²) in [5.74, 6) is -1.62. The quantitative estimate of drug-likeness (QED) is 0.738. The molecule has 0 bridgehead atoms. The lowest BCUT2D eigenvalue weighted by Crippen LogP contribution is -2.24. The maximum absolute atomic E-state index is 12.2. The Labute approximate surface area is 151 Å². The highest BCUT2D eigenvalue weighted by Crippen LogP contribution is 2.11. The third-order valence-electron chi connectivity index (χ3n) is 3.75. The van der Waals surface area contributed by atoms with Crippen molar-refractivity contribution in [2.75, 3.05) is 5.32 Å². The van der Waals surface area contributed by atoms with Crippen molar-refractivity contribution in [2.45, 2.75) is 27.3 Å². The summed E-state index contributed by atoms with van der Waals surface area (Å²) in [7, 11) is 0. The minimum absolute atomic E-state index is 0.0581. The first kappa shape index (κ1) is 19.1. The zero-order valence-corrected chi connectivity index (χ0v) is 14.9. The van der Waals surface area contributed by atoms with Crippen molar-refractivity contribution < 1.29 is 19.5 Å². The molecule has 0 unspecified atom stereocenters. The lowest BCUT2D eigenvalue weighted by atomic mass is 10.1. The second kappa shape index (κ2) is 8.24. The summed E-state index contributed by atoms with van der Waals surface area (Å²) >= 11 is 0. The zero-order valence-electron chi connectivity index (χ0n) is 14.9. The fourth-order valence-electron chi connectivity index (χ4n) is 2.18. The summed E-state index contributed by atoms with van der Waals surface area (Å²) in [5.41, 5.74) is 2.07. The maximum Gasteiger partial charge on any atom is 0.337 e. The van der Waals surface area contributed by atoms with Crippen LogP contribution in [0.4, 0.5) is 5.69 Å². The van der Waals surface area contributed by atoms with Crippen molar-refractivity contribution in [1.82, 2.24) is 10.3 Å². The number of nitrogens with one attached hydrogen (secondary N) is 2. The van der Waals surface area contributed by atoms with Gasteiger partial charge in [-0.05, 0) is 36.8 Å². The Kier molecular flexibility index (Phi) is 6.06. The molecule has 26 heavy (non-hydrogen) atoms. The van der Waals surface area contributed by atoms with Gasteiger partial charge in [0.05, 0.1) is 11.3 Å². The first-order valence-corrected chi connectivity index (χ1v) is 8.17. The molecule has 1 aromatic heterocycles. The van der Waals surface area contributed by atoms with Gasteiger partial charge >= 0.3 is 5.97 Å². The number of carbonyl (C=O) groups excluding carboxylic acids is 2. The van der Waals surface area contributed by atoms with E-state index in [1.807, 2.05) is 26.0 Å². The van der Waals surface area contributed by atoms with Crippen molar-refractivity contribution in [3.05, 3.63) is 58.9 Å². The summed E-state index contributed by atoms with van der Waals surface area (Å²) < 4.78 is 0. The smallest absolute Gasteiger partial charge is 0.337 e. The highest BCUT2D eigenvalue weighted by atomic mass is 16.4. The molecule has 2 amide bonds. The molecule has 2 rings (SSSR count). The molecule has 0 radical (unpaired) electrons. The van der Waals surface area contributed by atoms with E-state index in [9.17, 15) is 14.4 Å². The van der Waals surface area contributed by atoms with Crippen LogP contribution in [0, 0.1) is 12.8 Å². The maximum atomic E-state index is 12.2. The van der Waals surface area contributed by atoms with Gasteiger partial charge in [0.25, 0.3) is 5.91 Å². The standard InChI is InChI=1S/C19H21N3O4/c1-11(2)17(23)22-14-6-4-13(5-7-14)10-20-18(24)16-9-8-15(19(25)26)12(3)21-16/h4-9,11H,10H2,1-3H3,(H,20,24)(H,22,23)(H,25,26). The van der Waals surface area contributed by atoms with Crippen LogP contribution in [0.1, 0.15) is 46.0 Å². The number of hydrogen-bond acceptors (Lipinski definition) is 4. The number of carboxylic acids is 1. The van der Waals surface area contributed by atoms with E-state index in [0.29, 0.717) is 12.2 Å². The van der Waals surface area contributed by atoms with E-state index < -0.39 is 5.97 Å². The van der Waals surface area contributed by atoms with Gasteiger partial charge in [-0.15, -0.1) is 0 Å². The van der Waals surface area contributed by atoms with E-state index in [1.54, 1.807) is 19.1 Å². The number of amides is 2. The number of aryl methyl sites for hydroxylation is 1. The van der Waals surface area contributed by atoms with Crippen LogP contribution in [-0.2, 0) is 11.3 Å². The molecular formula is C19H21N3O4. The summed E-state index contributed by atoms with van der Waals surface area (Å²) in [5, 5.41) is 14.5. The Morgan fingerprint density at radius 2 is 1.73 bits per heavy atom. The summed E-state index contributed by atoms with van der Waals surface area (Å²) in [4.78, 5) is 38.8. The Bertz CT molecular complexity index is 829. The molecular weight excluding hydrogens is 334 g/mol. The molecule has 0 aliphatic carbocycles. The normalized spacial score (nSPS) is 10.5. The van der Waals surface area contributed by atoms with Gasteiger partial charge in [-0.1, -0.05) is 26.0 Å². The largest absolute Gasteiger partial charge is 0.478 e. The second-order valence-electron chi connectivity index (χ2n) is 6.16. The highest BCUT2D eigenvalue weighted by molar-refractivity contribution is 5.94. The number of benzene rings is 1. The fraction of sp³-hybridized carbons (Fsp3) is 0.263. The molecule has 2 aromatic rings. The van der Waals surface area contributed by atoms with Gasteiger partial charge < -0.3 is 15.7 Å². The molecule has 0 atom stereocenters. The number of carbonyl (C=O) groups is 3. The predicted molar refractivity (Wildman–Crippen MR) is 97.0 cm³/mol. The molecule has 0 saturated carbocycles. The summed E-state index contributed by atoms with van der Waals surface area (Å²) in [6, 6.07) is 9.91.